The number of aliphatic carboxylic acids is 1. The second-order valence-electron chi connectivity index (χ2n) is 4.18. The smallest absolute Gasteiger partial charge is 0.321 e. The largest absolute Gasteiger partial charge is 0.480 e. The summed E-state index contributed by atoms with van der Waals surface area (Å²) in [6.45, 7) is 8.66. The fourth-order valence-electron chi connectivity index (χ4n) is 2.06. The number of likely N-dealkylation sites (N-methyl/N-ethyl adjacent to an activating group) is 1. The van der Waals surface area contributed by atoms with Crippen molar-refractivity contribution >= 4 is 5.97 Å². The predicted molar refractivity (Wildman–Crippen MR) is 58.8 cm³/mol. The molecule has 15 heavy (non-hydrogen) atoms. The molecule has 2 unspecified atom stereocenters. The number of hydrogen-bond donors (Lipinski definition) is 2. The monoisotopic (exact) mass is 215 g/mol. The Hall–Kier alpha value is -0.650. The molecule has 0 radical (unpaired) electrons. The summed E-state index contributed by atoms with van der Waals surface area (Å²) in [5.41, 5.74) is 5.51. The summed E-state index contributed by atoms with van der Waals surface area (Å²) in [7, 11) is 0. The lowest BCUT2D eigenvalue weighted by molar-refractivity contribution is -0.139. The van der Waals surface area contributed by atoms with Gasteiger partial charge in [-0.1, -0.05) is 6.92 Å². The highest BCUT2D eigenvalue weighted by Gasteiger charge is 2.24. The highest BCUT2D eigenvalue weighted by atomic mass is 16.4. The molecule has 0 spiro atoms. The van der Waals surface area contributed by atoms with Crippen molar-refractivity contribution in [3.63, 3.8) is 0 Å². The van der Waals surface area contributed by atoms with Crippen LogP contribution in [-0.4, -0.2) is 65.7 Å². The van der Waals surface area contributed by atoms with E-state index < -0.39 is 12.0 Å². The molecule has 5 heteroatoms. The van der Waals surface area contributed by atoms with E-state index in [1.165, 1.54) is 0 Å². The Bertz CT molecular complexity index is 223. The van der Waals surface area contributed by atoms with Gasteiger partial charge in [-0.05, 0) is 13.5 Å². The molecule has 0 amide bonds. The van der Waals surface area contributed by atoms with E-state index in [-0.39, 0.29) is 0 Å². The number of hydrogen-bond acceptors (Lipinski definition) is 4. The Labute approximate surface area is 90.8 Å². The molecule has 0 bridgehead atoms. The van der Waals surface area contributed by atoms with Gasteiger partial charge in [0.2, 0.25) is 0 Å². The maximum Gasteiger partial charge on any atom is 0.321 e. The van der Waals surface area contributed by atoms with Gasteiger partial charge < -0.3 is 10.8 Å². The zero-order valence-electron chi connectivity index (χ0n) is 9.52. The lowest BCUT2D eigenvalue weighted by Crippen LogP contribution is -2.55. The molecule has 3 N–H and O–H groups in total. The van der Waals surface area contributed by atoms with Gasteiger partial charge in [0.25, 0.3) is 0 Å². The third-order valence-electron chi connectivity index (χ3n) is 3.03. The van der Waals surface area contributed by atoms with Crippen molar-refractivity contribution in [2.24, 2.45) is 5.73 Å². The number of carbonyl (C=O) groups is 1. The maximum absolute atomic E-state index is 10.6. The van der Waals surface area contributed by atoms with Crippen LogP contribution in [0.2, 0.25) is 0 Å². The number of nitrogens with two attached hydrogens (primary N) is 1. The second-order valence-corrected chi connectivity index (χ2v) is 4.18. The van der Waals surface area contributed by atoms with Crippen LogP contribution in [0.1, 0.15) is 13.8 Å². The van der Waals surface area contributed by atoms with Crippen molar-refractivity contribution in [3.05, 3.63) is 0 Å². The number of carboxylic acid groups (broad SMARTS) is 1. The molecular formula is C10H21N3O2. The van der Waals surface area contributed by atoms with Crippen molar-refractivity contribution < 1.29 is 9.90 Å². The van der Waals surface area contributed by atoms with Gasteiger partial charge in [-0.2, -0.15) is 0 Å². The Morgan fingerprint density at radius 3 is 2.73 bits per heavy atom. The van der Waals surface area contributed by atoms with Gasteiger partial charge in [-0.3, -0.25) is 14.6 Å². The summed E-state index contributed by atoms with van der Waals surface area (Å²) >= 11 is 0. The SMILES string of the molecule is CCN1CCN(CC(N)C(=O)O)CC1C. The Morgan fingerprint density at radius 1 is 1.60 bits per heavy atom. The van der Waals surface area contributed by atoms with Crippen LogP contribution in [0.25, 0.3) is 0 Å². The molecule has 1 heterocycles. The van der Waals surface area contributed by atoms with Crippen LogP contribution in [0.3, 0.4) is 0 Å². The molecule has 5 nitrogen and oxygen atoms in total. The molecule has 0 aromatic rings. The first-order valence-corrected chi connectivity index (χ1v) is 5.49. The Morgan fingerprint density at radius 2 is 2.27 bits per heavy atom. The zero-order valence-corrected chi connectivity index (χ0v) is 9.52. The van der Waals surface area contributed by atoms with Gasteiger partial charge in [-0.25, -0.2) is 0 Å². The van der Waals surface area contributed by atoms with E-state index in [9.17, 15) is 4.79 Å². The van der Waals surface area contributed by atoms with E-state index in [0.29, 0.717) is 12.6 Å². The summed E-state index contributed by atoms with van der Waals surface area (Å²) < 4.78 is 0. The van der Waals surface area contributed by atoms with Gasteiger partial charge in [0.15, 0.2) is 0 Å². The summed E-state index contributed by atoms with van der Waals surface area (Å²) in [5, 5.41) is 8.71. The second kappa shape index (κ2) is 5.44. The third kappa shape index (κ3) is 3.44. The van der Waals surface area contributed by atoms with E-state index in [1.807, 2.05) is 0 Å². The number of carboxylic acids is 1. The molecule has 1 aliphatic rings. The number of rotatable bonds is 4. The van der Waals surface area contributed by atoms with E-state index in [1.54, 1.807) is 0 Å². The molecule has 0 saturated carbocycles. The average Bonchev–Trinajstić information content (AvgIpc) is 2.18. The molecule has 1 fully saturated rings. The molecule has 0 aromatic heterocycles. The van der Waals surface area contributed by atoms with E-state index in [4.69, 9.17) is 10.8 Å². The van der Waals surface area contributed by atoms with Gasteiger partial charge in [0.05, 0.1) is 0 Å². The van der Waals surface area contributed by atoms with Crippen LogP contribution >= 0.6 is 0 Å². The third-order valence-corrected chi connectivity index (χ3v) is 3.03. The van der Waals surface area contributed by atoms with Gasteiger partial charge in [0, 0.05) is 32.2 Å². The summed E-state index contributed by atoms with van der Waals surface area (Å²) in [5.74, 6) is -0.916. The van der Waals surface area contributed by atoms with Gasteiger partial charge in [-0.15, -0.1) is 0 Å². The Balaban J connectivity index is 2.37. The van der Waals surface area contributed by atoms with Crippen molar-refractivity contribution in [2.45, 2.75) is 25.9 Å². The summed E-state index contributed by atoms with van der Waals surface area (Å²) in [6, 6.07) is -0.268. The van der Waals surface area contributed by atoms with Crippen LogP contribution < -0.4 is 5.73 Å². The summed E-state index contributed by atoms with van der Waals surface area (Å²) in [6.07, 6.45) is 0. The number of nitrogens with zero attached hydrogens (tertiary/aromatic N) is 2. The minimum absolute atomic E-state index is 0.456. The first-order chi connectivity index (χ1) is 7.04. The first kappa shape index (κ1) is 12.4. The Kier molecular flexibility index (Phi) is 4.50. The average molecular weight is 215 g/mol. The summed E-state index contributed by atoms with van der Waals surface area (Å²) in [4.78, 5) is 15.1. The van der Waals surface area contributed by atoms with Crippen LogP contribution in [0, 0.1) is 0 Å². The standard InChI is InChI=1S/C10H21N3O2/c1-3-13-5-4-12(6-8(13)2)7-9(11)10(14)15/h8-9H,3-7,11H2,1-2H3,(H,14,15). The van der Waals surface area contributed by atoms with E-state index >= 15 is 0 Å². The maximum atomic E-state index is 10.6. The highest BCUT2D eigenvalue weighted by Crippen LogP contribution is 2.08. The quantitative estimate of drug-likeness (QED) is 0.657. The number of piperazine rings is 1. The van der Waals surface area contributed by atoms with E-state index in [2.05, 4.69) is 23.6 Å². The lowest BCUT2D eigenvalue weighted by atomic mass is 10.1. The minimum atomic E-state index is -0.916. The molecule has 0 aromatic carbocycles. The van der Waals surface area contributed by atoms with Crippen LogP contribution in [0.4, 0.5) is 0 Å². The first-order valence-electron chi connectivity index (χ1n) is 5.49. The normalized spacial score (nSPS) is 26.5. The topological polar surface area (TPSA) is 69.8 Å². The van der Waals surface area contributed by atoms with Crippen molar-refractivity contribution in [1.82, 2.24) is 9.80 Å². The predicted octanol–water partition coefficient (Wildman–Crippen LogP) is -0.576. The highest BCUT2D eigenvalue weighted by molar-refractivity contribution is 5.73. The minimum Gasteiger partial charge on any atom is -0.480 e. The van der Waals surface area contributed by atoms with Crippen molar-refractivity contribution in [2.75, 3.05) is 32.7 Å². The fourth-order valence-corrected chi connectivity index (χ4v) is 2.06. The molecule has 88 valence electrons. The lowest BCUT2D eigenvalue weighted by Gasteiger charge is -2.39. The van der Waals surface area contributed by atoms with E-state index in [0.717, 1.165) is 26.2 Å². The van der Waals surface area contributed by atoms with Gasteiger partial charge >= 0.3 is 5.97 Å². The molecular weight excluding hydrogens is 194 g/mol. The van der Waals surface area contributed by atoms with Gasteiger partial charge in [0.1, 0.15) is 6.04 Å². The van der Waals surface area contributed by atoms with Crippen LogP contribution in [-0.2, 0) is 4.79 Å². The van der Waals surface area contributed by atoms with Crippen LogP contribution in [0.5, 0.6) is 0 Å². The molecule has 1 rings (SSSR count). The molecule has 0 aliphatic carbocycles. The van der Waals surface area contributed by atoms with Crippen LogP contribution in [0.15, 0.2) is 0 Å². The molecule has 1 saturated heterocycles. The van der Waals surface area contributed by atoms with Crippen molar-refractivity contribution in [3.8, 4) is 0 Å². The fraction of sp³-hybridized carbons (Fsp3) is 0.900. The zero-order chi connectivity index (χ0) is 11.4. The van der Waals surface area contributed by atoms with Crippen molar-refractivity contribution in [1.29, 1.82) is 0 Å². The molecule has 1 aliphatic heterocycles. The molecule has 2 atom stereocenters.